The quantitative estimate of drug-likeness (QED) is 0.704. The van der Waals surface area contributed by atoms with E-state index in [1.807, 2.05) is 6.92 Å². The van der Waals surface area contributed by atoms with Crippen molar-refractivity contribution in [3.8, 4) is 6.07 Å². The maximum Gasteiger partial charge on any atom is 0.127 e. The summed E-state index contributed by atoms with van der Waals surface area (Å²) in [6, 6.07) is 2.19. The summed E-state index contributed by atoms with van der Waals surface area (Å²) < 4.78 is 0. The number of aromatic nitrogens is 1. The smallest absolute Gasteiger partial charge is 0.127 e. The summed E-state index contributed by atoms with van der Waals surface area (Å²) in [6.45, 7) is 4.14. The van der Waals surface area contributed by atoms with E-state index in [4.69, 9.17) is 5.26 Å². The summed E-state index contributed by atoms with van der Waals surface area (Å²) in [7, 11) is 2.13. The van der Waals surface area contributed by atoms with Gasteiger partial charge in [-0.05, 0) is 26.9 Å². The Kier molecular flexibility index (Phi) is 2.53. The molecule has 1 saturated heterocycles. The molecule has 0 N–H and O–H groups in total. The van der Waals surface area contributed by atoms with Crippen LogP contribution in [0.3, 0.4) is 0 Å². The molecule has 74 valence electrons. The van der Waals surface area contributed by atoms with Crippen LogP contribution in [0.5, 0.6) is 0 Å². The second-order valence-electron chi connectivity index (χ2n) is 3.83. The summed E-state index contributed by atoms with van der Waals surface area (Å²) >= 11 is 1.56. The van der Waals surface area contributed by atoms with Crippen LogP contribution in [0.15, 0.2) is 0 Å². The molecule has 4 heteroatoms. The van der Waals surface area contributed by atoms with Gasteiger partial charge in [-0.3, -0.25) is 0 Å². The summed E-state index contributed by atoms with van der Waals surface area (Å²) in [5.74, 6) is 0.547. The Morgan fingerprint density at radius 3 is 2.93 bits per heavy atom. The number of nitrogens with zero attached hydrogens (tertiary/aromatic N) is 3. The van der Waals surface area contributed by atoms with Gasteiger partial charge in [0.15, 0.2) is 0 Å². The van der Waals surface area contributed by atoms with Gasteiger partial charge in [-0.1, -0.05) is 0 Å². The van der Waals surface area contributed by atoms with Crippen LogP contribution in [-0.4, -0.2) is 30.0 Å². The first-order chi connectivity index (χ1) is 6.70. The van der Waals surface area contributed by atoms with Crippen LogP contribution in [0.25, 0.3) is 0 Å². The van der Waals surface area contributed by atoms with Crippen LogP contribution in [0.2, 0.25) is 0 Å². The second-order valence-corrected chi connectivity index (χ2v) is 4.86. The molecule has 0 spiro atoms. The molecule has 0 radical (unpaired) electrons. The number of hydrogen-bond acceptors (Lipinski definition) is 4. The molecule has 0 saturated carbocycles. The van der Waals surface area contributed by atoms with Crippen LogP contribution in [0.4, 0.5) is 0 Å². The molecule has 1 aliphatic rings. The first kappa shape index (κ1) is 9.63. The van der Waals surface area contributed by atoms with E-state index in [-0.39, 0.29) is 0 Å². The maximum atomic E-state index is 8.84. The van der Waals surface area contributed by atoms with Gasteiger partial charge in [-0.15, -0.1) is 11.3 Å². The minimum absolute atomic E-state index is 0.547. The SMILES string of the molecule is Cc1nc(C2CCN(C)C2)sc1C#N. The van der Waals surface area contributed by atoms with E-state index in [0.717, 1.165) is 28.7 Å². The lowest BCUT2D eigenvalue weighted by molar-refractivity contribution is 0.411. The van der Waals surface area contributed by atoms with Crippen molar-refractivity contribution in [3.05, 3.63) is 15.6 Å². The van der Waals surface area contributed by atoms with E-state index < -0.39 is 0 Å². The minimum atomic E-state index is 0.547. The fourth-order valence-electron chi connectivity index (χ4n) is 1.83. The van der Waals surface area contributed by atoms with Gasteiger partial charge >= 0.3 is 0 Å². The van der Waals surface area contributed by atoms with Crippen molar-refractivity contribution in [1.82, 2.24) is 9.88 Å². The zero-order valence-corrected chi connectivity index (χ0v) is 9.27. The molecular formula is C10H13N3S. The molecule has 3 nitrogen and oxygen atoms in total. The van der Waals surface area contributed by atoms with E-state index in [1.165, 1.54) is 6.42 Å². The molecule has 0 aromatic carbocycles. The predicted molar refractivity (Wildman–Crippen MR) is 56.4 cm³/mol. The van der Waals surface area contributed by atoms with Gasteiger partial charge in [0.25, 0.3) is 0 Å². The fourth-order valence-corrected chi connectivity index (χ4v) is 2.82. The number of likely N-dealkylation sites (tertiary alicyclic amines) is 1. The van der Waals surface area contributed by atoms with Gasteiger partial charge < -0.3 is 4.90 Å². The lowest BCUT2D eigenvalue weighted by Gasteiger charge is -2.06. The van der Waals surface area contributed by atoms with Gasteiger partial charge in [-0.2, -0.15) is 5.26 Å². The molecule has 14 heavy (non-hydrogen) atoms. The highest BCUT2D eigenvalue weighted by molar-refractivity contribution is 7.12. The molecule has 2 heterocycles. The lowest BCUT2D eigenvalue weighted by atomic mass is 10.1. The monoisotopic (exact) mass is 207 g/mol. The third-order valence-corrected chi connectivity index (χ3v) is 3.88. The first-order valence-corrected chi connectivity index (χ1v) is 5.58. The minimum Gasteiger partial charge on any atom is -0.306 e. The maximum absolute atomic E-state index is 8.84. The van der Waals surface area contributed by atoms with Crippen LogP contribution in [0.1, 0.15) is 27.9 Å². The Hall–Kier alpha value is -0.920. The Balaban J connectivity index is 2.21. The number of thiazole rings is 1. The number of hydrogen-bond donors (Lipinski definition) is 0. The molecule has 1 aromatic rings. The zero-order chi connectivity index (χ0) is 10.1. The molecule has 1 aliphatic heterocycles. The zero-order valence-electron chi connectivity index (χ0n) is 8.45. The third kappa shape index (κ3) is 1.66. The second kappa shape index (κ2) is 3.68. The van der Waals surface area contributed by atoms with E-state index in [9.17, 15) is 0 Å². The highest BCUT2D eigenvalue weighted by atomic mass is 32.1. The lowest BCUT2D eigenvalue weighted by Crippen LogP contribution is -2.13. The summed E-state index contributed by atoms with van der Waals surface area (Å²) in [5.41, 5.74) is 0.891. The normalized spacial score (nSPS) is 22.5. The average Bonchev–Trinajstić information content (AvgIpc) is 2.71. The average molecular weight is 207 g/mol. The predicted octanol–water partition coefficient (Wildman–Crippen LogP) is 1.74. The topological polar surface area (TPSA) is 39.9 Å². The molecule has 0 bridgehead atoms. The molecule has 1 fully saturated rings. The number of nitriles is 1. The van der Waals surface area contributed by atoms with Gasteiger partial charge in [0.05, 0.1) is 10.7 Å². The summed E-state index contributed by atoms with van der Waals surface area (Å²) in [6.07, 6.45) is 1.17. The molecule has 1 unspecified atom stereocenters. The molecule has 0 aliphatic carbocycles. The Morgan fingerprint density at radius 1 is 1.64 bits per heavy atom. The highest BCUT2D eigenvalue weighted by Crippen LogP contribution is 2.30. The van der Waals surface area contributed by atoms with Crippen molar-refractivity contribution < 1.29 is 0 Å². The largest absolute Gasteiger partial charge is 0.306 e. The standard InChI is InChI=1S/C10H13N3S/c1-7-9(5-11)14-10(12-7)8-3-4-13(2)6-8/h8H,3-4,6H2,1-2H3. The number of likely N-dealkylation sites (N-methyl/N-ethyl adjacent to an activating group) is 1. The van der Waals surface area contributed by atoms with Crippen molar-refractivity contribution in [2.75, 3.05) is 20.1 Å². The van der Waals surface area contributed by atoms with E-state index in [0.29, 0.717) is 5.92 Å². The van der Waals surface area contributed by atoms with Gasteiger partial charge in [0, 0.05) is 12.5 Å². The molecular weight excluding hydrogens is 194 g/mol. The van der Waals surface area contributed by atoms with Crippen molar-refractivity contribution >= 4 is 11.3 Å². The van der Waals surface area contributed by atoms with E-state index >= 15 is 0 Å². The number of rotatable bonds is 1. The summed E-state index contributed by atoms with van der Waals surface area (Å²) in [5, 5.41) is 9.98. The van der Waals surface area contributed by atoms with E-state index in [2.05, 4.69) is 23.0 Å². The molecule has 2 rings (SSSR count). The molecule has 0 amide bonds. The summed E-state index contributed by atoms with van der Waals surface area (Å²) in [4.78, 5) is 7.55. The van der Waals surface area contributed by atoms with E-state index in [1.54, 1.807) is 11.3 Å². The Labute approximate surface area is 88.0 Å². The number of aryl methyl sites for hydroxylation is 1. The molecule has 1 atom stereocenters. The fraction of sp³-hybridized carbons (Fsp3) is 0.600. The van der Waals surface area contributed by atoms with Crippen LogP contribution < -0.4 is 0 Å². The van der Waals surface area contributed by atoms with Crippen molar-refractivity contribution in [2.24, 2.45) is 0 Å². The first-order valence-electron chi connectivity index (χ1n) is 4.76. The van der Waals surface area contributed by atoms with Crippen molar-refractivity contribution in [1.29, 1.82) is 5.26 Å². The van der Waals surface area contributed by atoms with Crippen LogP contribution in [0, 0.1) is 18.3 Å². The highest BCUT2D eigenvalue weighted by Gasteiger charge is 2.24. The molecule has 1 aromatic heterocycles. The Morgan fingerprint density at radius 2 is 2.43 bits per heavy atom. The van der Waals surface area contributed by atoms with Gasteiger partial charge in [-0.25, -0.2) is 4.98 Å². The van der Waals surface area contributed by atoms with Crippen LogP contribution in [-0.2, 0) is 0 Å². The van der Waals surface area contributed by atoms with Gasteiger partial charge in [0.2, 0.25) is 0 Å². The third-order valence-electron chi connectivity index (χ3n) is 2.66. The van der Waals surface area contributed by atoms with Gasteiger partial charge in [0.1, 0.15) is 10.9 Å². The van der Waals surface area contributed by atoms with Crippen molar-refractivity contribution in [2.45, 2.75) is 19.3 Å². The van der Waals surface area contributed by atoms with Crippen molar-refractivity contribution in [3.63, 3.8) is 0 Å². The van der Waals surface area contributed by atoms with Crippen LogP contribution >= 0.6 is 11.3 Å². The Bertz CT molecular complexity index is 377.